The van der Waals surface area contributed by atoms with Crippen LogP contribution in [0.4, 0.5) is 0 Å². The fraction of sp³-hybridized carbons (Fsp3) is 0.460. The van der Waals surface area contributed by atoms with Crippen LogP contribution >= 0.6 is 15.9 Å². The fourth-order valence-corrected chi connectivity index (χ4v) is 11.1. The van der Waals surface area contributed by atoms with Gasteiger partial charge in [0.05, 0.1) is 46.9 Å². The van der Waals surface area contributed by atoms with Crippen molar-refractivity contribution in [1.29, 1.82) is 0 Å². The number of rotatable bonds is 13. The molecule has 7 rings (SSSR count). The highest BCUT2D eigenvalue weighted by Crippen LogP contribution is 2.63. The van der Waals surface area contributed by atoms with Crippen molar-refractivity contribution in [3.05, 3.63) is 119 Å². The van der Waals surface area contributed by atoms with Crippen molar-refractivity contribution in [2.24, 2.45) is 28.6 Å². The Bertz CT molecular complexity index is 2370. The molecule has 1 saturated heterocycles. The average molecular weight is 957 g/mol. The predicted molar refractivity (Wildman–Crippen MR) is 237 cm³/mol. The van der Waals surface area contributed by atoms with Crippen LogP contribution in [-0.2, 0) is 47.7 Å². The summed E-state index contributed by atoms with van der Waals surface area (Å²) >= 11 is 3.23. The second-order valence-corrected chi connectivity index (χ2v) is 18.8. The predicted octanol–water partition coefficient (Wildman–Crippen LogP) is 6.23. The van der Waals surface area contributed by atoms with E-state index < -0.39 is 106 Å². The molecule has 3 aromatic rings. The van der Waals surface area contributed by atoms with Gasteiger partial charge in [0.15, 0.2) is 17.5 Å². The Morgan fingerprint density at radius 3 is 1.98 bits per heavy atom. The van der Waals surface area contributed by atoms with Gasteiger partial charge in [-0.25, -0.2) is 4.79 Å². The van der Waals surface area contributed by atoms with Crippen molar-refractivity contribution in [2.75, 3.05) is 11.9 Å². The Kier molecular flexibility index (Phi) is 13.7. The van der Waals surface area contributed by atoms with Crippen molar-refractivity contribution >= 4 is 57.3 Å². The van der Waals surface area contributed by atoms with Crippen LogP contribution in [0.2, 0.25) is 0 Å². The number of carbonyl (C=O) groups excluding carboxylic acids is 7. The third-order valence-corrected chi connectivity index (χ3v) is 14.6. The lowest BCUT2D eigenvalue weighted by atomic mass is 9.46. The Labute approximate surface area is 385 Å². The lowest BCUT2D eigenvalue weighted by Crippen LogP contribution is -2.79. The number of aliphatic hydroxyl groups is 1. The molecule has 2 saturated carbocycles. The number of nitrogens with one attached hydrogen (secondary N) is 1. The van der Waals surface area contributed by atoms with E-state index in [2.05, 4.69) is 21.2 Å². The first kappa shape index (κ1) is 47.5. The van der Waals surface area contributed by atoms with Crippen molar-refractivity contribution in [3.63, 3.8) is 0 Å². The zero-order chi connectivity index (χ0) is 47.0. The molecule has 0 aromatic heterocycles. The van der Waals surface area contributed by atoms with Crippen molar-refractivity contribution in [3.8, 4) is 0 Å². The quantitative estimate of drug-likeness (QED) is 0.0848. The fourth-order valence-electron chi connectivity index (χ4n) is 10.9. The van der Waals surface area contributed by atoms with Gasteiger partial charge in [0.2, 0.25) is 0 Å². The summed E-state index contributed by atoms with van der Waals surface area (Å²) in [5.74, 6) is -8.12. The molecular weight excluding hydrogens is 902 g/mol. The zero-order valence-corrected chi connectivity index (χ0v) is 38.7. The number of Topliss-reactive ketones (excluding diaryl/α,β-unsaturated/α-hetero) is 2. The number of carbonyl (C=O) groups is 7. The molecule has 4 aliphatic rings. The maximum Gasteiger partial charge on any atom is 0.338 e. The van der Waals surface area contributed by atoms with Gasteiger partial charge in [-0.15, -0.1) is 0 Å². The summed E-state index contributed by atoms with van der Waals surface area (Å²) in [5.41, 5.74) is -2.95. The molecule has 11 atom stereocenters. The van der Waals surface area contributed by atoms with E-state index in [9.17, 15) is 29.1 Å². The van der Waals surface area contributed by atoms with E-state index in [1.54, 1.807) is 97.9 Å². The minimum Gasteiger partial charge on any atom is -0.458 e. The van der Waals surface area contributed by atoms with Crippen molar-refractivity contribution < 1.29 is 62.4 Å². The van der Waals surface area contributed by atoms with Gasteiger partial charge in [-0.1, -0.05) is 96.5 Å². The van der Waals surface area contributed by atoms with Crippen LogP contribution in [0.25, 0.3) is 0 Å². The summed E-state index contributed by atoms with van der Waals surface area (Å²) in [5, 5.41) is 15.0. The summed E-state index contributed by atoms with van der Waals surface area (Å²) in [6, 6.07) is 24.3. The number of aliphatic hydroxyl groups excluding tert-OH is 1. The van der Waals surface area contributed by atoms with Gasteiger partial charge >= 0.3 is 23.9 Å². The Morgan fingerprint density at radius 1 is 0.831 bits per heavy atom. The molecule has 3 aromatic carbocycles. The molecule has 344 valence electrons. The molecule has 0 spiro atoms. The molecule has 1 amide bonds. The lowest BCUT2D eigenvalue weighted by Gasteiger charge is -2.66. The smallest absolute Gasteiger partial charge is 0.338 e. The van der Waals surface area contributed by atoms with E-state index in [0.29, 0.717) is 16.7 Å². The lowest BCUT2D eigenvalue weighted by molar-refractivity contribution is -0.335. The Hall–Kier alpha value is -5.51. The van der Waals surface area contributed by atoms with Crippen molar-refractivity contribution in [2.45, 2.75) is 103 Å². The molecule has 1 aliphatic heterocycles. The number of ether oxygens (including phenoxy) is 5. The Balaban J connectivity index is 1.40. The maximum atomic E-state index is 15.6. The van der Waals surface area contributed by atoms with E-state index in [4.69, 9.17) is 23.7 Å². The molecular formula is C50H54BrNO13. The largest absolute Gasteiger partial charge is 0.458 e. The normalized spacial score (nSPS) is 29.7. The summed E-state index contributed by atoms with van der Waals surface area (Å²) in [6.45, 7) is 9.00. The number of fused-ring (bicyclic) bond motifs is 5. The summed E-state index contributed by atoms with van der Waals surface area (Å²) in [4.78, 5) is 98.3. The van der Waals surface area contributed by atoms with Crippen LogP contribution in [-0.4, -0.2) is 94.5 Å². The third-order valence-electron chi connectivity index (χ3n) is 14.0. The zero-order valence-electron chi connectivity index (χ0n) is 37.1. The number of ketones is 2. The third kappa shape index (κ3) is 8.82. The second kappa shape index (κ2) is 18.8. The monoisotopic (exact) mass is 955 g/mol. The summed E-state index contributed by atoms with van der Waals surface area (Å²) < 4.78 is 31.2. The number of halogens is 1. The molecule has 15 heteroatoms. The van der Waals surface area contributed by atoms with Crippen LogP contribution in [0.5, 0.6) is 0 Å². The van der Waals surface area contributed by atoms with Gasteiger partial charge in [0.1, 0.15) is 24.1 Å². The molecule has 2 bridgehead atoms. The molecule has 0 radical (unpaired) electrons. The highest BCUT2D eigenvalue weighted by atomic mass is 79.9. The minimum absolute atomic E-state index is 0.0440. The van der Waals surface area contributed by atoms with Gasteiger partial charge < -0.3 is 34.1 Å². The van der Waals surface area contributed by atoms with Gasteiger partial charge in [-0.05, 0) is 66.7 Å². The van der Waals surface area contributed by atoms with Gasteiger partial charge in [0.25, 0.3) is 5.91 Å². The number of alkyl halides is 1. The van der Waals surface area contributed by atoms with Crippen molar-refractivity contribution in [1.82, 2.24) is 5.32 Å². The van der Waals surface area contributed by atoms with Crippen LogP contribution in [0, 0.1) is 28.6 Å². The van der Waals surface area contributed by atoms with E-state index in [1.807, 2.05) is 13.8 Å². The van der Waals surface area contributed by atoms with E-state index in [1.165, 1.54) is 13.8 Å². The Morgan fingerprint density at radius 2 is 1.43 bits per heavy atom. The average Bonchev–Trinajstić information content (AvgIpc) is 3.28. The molecule has 3 fully saturated rings. The summed E-state index contributed by atoms with van der Waals surface area (Å²) in [6.07, 6.45) is -7.01. The van der Waals surface area contributed by atoms with Crippen LogP contribution in [0.1, 0.15) is 93.1 Å². The number of hydrogen-bond donors (Lipinski definition) is 2. The molecule has 65 heavy (non-hydrogen) atoms. The van der Waals surface area contributed by atoms with E-state index in [-0.39, 0.29) is 48.1 Å². The standard InChI is InChI=1S/C50H54BrNO13/c1-27-36(63-47(60)34(22-33(55)25-51)40(30-16-10-7-11-17-30)52-45(58)31-18-12-8-13-19-31)23-35-41(64-46(59)32-20-14-9-15-21-32)43-49(6,37(56)24-38-50(43,26-61-38)65-29(3)54)44(57)42(62-28(2)53)39(27)48(35,4)5/h7-21,34-38,40-43,56H,22-26H2,1-6H3,(H,52,58)/t34-,35?,36+,37+,38-,40+,41-,42-,43+,49-,50+/m1/s1. The van der Waals surface area contributed by atoms with Crippen LogP contribution in [0.3, 0.4) is 0 Å². The molecule has 3 aliphatic carbocycles. The van der Waals surface area contributed by atoms with Crippen LogP contribution < -0.4 is 5.32 Å². The SMILES string of the molecule is CC(=O)O[C@H]1C(=O)[C@@]2(C)[C@H]([C@H](OC(=O)c3ccccc3)C3C[C@H](OC(=O)[C@H](CC(=O)CBr)[C@@H](NC(=O)c4ccccc4)c4ccccc4)C(C)=C1C3(C)C)[C@]1(OC(C)=O)CO[C@@H]1C[C@@H]2O. The number of benzene rings is 3. The molecule has 1 unspecified atom stereocenters. The molecule has 14 nitrogen and oxygen atoms in total. The first-order chi connectivity index (χ1) is 30.8. The first-order valence-electron chi connectivity index (χ1n) is 21.7. The van der Waals surface area contributed by atoms with Gasteiger partial charge in [-0.3, -0.25) is 28.8 Å². The topological polar surface area (TPSA) is 198 Å². The molecule has 1 heterocycles. The van der Waals surface area contributed by atoms with Crippen LogP contribution in [0.15, 0.2) is 102 Å². The van der Waals surface area contributed by atoms with E-state index >= 15 is 9.59 Å². The van der Waals surface area contributed by atoms with E-state index in [0.717, 1.165) is 6.92 Å². The number of esters is 4. The maximum absolute atomic E-state index is 15.6. The summed E-state index contributed by atoms with van der Waals surface area (Å²) in [7, 11) is 0. The van der Waals surface area contributed by atoms with Gasteiger partial charge in [0, 0.05) is 38.2 Å². The number of amides is 1. The second-order valence-electron chi connectivity index (χ2n) is 18.2. The first-order valence-corrected chi connectivity index (χ1v) is 22.8. The molecule has 2 N–H and O–H groups in total. The highest BCUT2D eigenvalue weighted by molar-refractivity contribution is 9.09. The number of hydrogen-bond acceptors (Lipinski definition) is 13. The highest BCUT2D eigenvalue weighted by Gasteiger charge is 2.75. The minimum atomic E-state index is -1.87. The van der Waals surface area contributed by atoms with Gasteiger partial charge in [-0.2, -0.15) is 0 Å².